The molecular weight excluding hydrogens is 288 g/mol. The number of ketones is 1. The van der Waals surface area contributed by atoms with Gasteiger partial charge in [0.15, 0.2) is 17.4 Å². The van der Waals surface area contributed by atoms with Gasteiger partial charge in [0.25, 0.3) is 0 Å². The Morgan fingerprint density at radius 3 is 1.74 bits per heavy atom. The van der Waals surface area contributed by atoms with Gasteiger partial charge in [-0.05, 0) is 18.2 Å². The van der Waals surface area contributed by atoms with Gasteiger partial charge in [0.05, 0.1) is 0 Å². The largest absolute Gasteiger partial charge is 0.407 e. The Bertz CT molecular complexity index is 473. The van der Waals surface area contributed by atoms with E-state index in [1.165, 1.54) is 0 Å². The molecule has 0 aliphatic rings. The molecule has 0 atom stereocenters. The monoisotopic (exact) mass is 292 g/mol. The number of Topliss-reactive ketones (excluding diaryl/α,β-unsaturated/α-hetero) is 1. The van der Waals surface area contributed by atoms with Crippen molar-refractivity contribution >= 4 is 5.78 Å². The molecule has 0 heterocycles. The number of hydrogen-bond acceptors (Lipinski definition) is 1. The number of rotatable bonds is 2. The lowest BCUT2D eigenvalue weighted by Gasteiger charge is -2.21. The molecule has 9 heteroatoms. The third kappa shape index (κ3) is 3.42. The average Bonchev–Trinajstić information content (AvgIpc) is 2.17. The van der Waals surface area contributed by atoms with Crippen molar-refractivity contribution in [1.82, 2.24) is 0 Å². The van der Waals surface area contributed by atoms with Gasteiger partial charge in [0, 0.05) is 5.56 Å². The van der Waals surface area contributed by atoms with Crippen LogP contribution in [-0.2, 0) is 0 Å². The second-order valence-electron chi connectivity index (χ2n) is 3.51. The molecule has 0 spiro atoms. The summed E-state index contributed by atoms with van der Waals surface area (Å²) >= 11 is 0. The van der Waals surface area contributed by atoms with Gasteiger partial charge in [-0.1, -0.05) is 0 Å². The van der Waals surface area contributed by atoms with Gasteiger partial charge in [0.2, 0.25) is 5.92 Å². The van der Waals surface area contributed by atoms with Gasteiger partial charge in [-0.3, -0.25) is 4.79 Å². The van der Waals surface area contributed by atoms with E-state index in [2.05, 4.69) is 0 Å². The van der Waals surface area contributed by atoms with Gasteiger partial charge < -0.3 is 0 Å². The first-order valence-electron chi connectivity index (χ1n) is 4.57. The predicted molar refractivity (Wildman–Crippen MR) is 46.3 cm³/mol. The summed E-state index contributed by atoms with van der Waals surface area (Å²) in [5.74, 6) is -9.87. The number of alkyl halides is 6. The molecular formula is C10H4F8O. The molecule has 0 saturated carbocycles. The molecule has 0 unspecified atom stereocenters. The lowest BCUT2D eigenvalue weighted by molar-refractivity contribution is -0.264. The summed E-state index contributed by atoms with van der Waals surface area (Å²) in [6.07, 6.45) is -11.7. The highest BCUT2D eigenvalue weighted by Crippen LogP contribution is 2.41. The van der Waals surface area contributed by atoms with E-state index in [0.717, 1.165) is 0 Å². The molecule has 0 amide bonds. The van der Waals surface area contributed by atoms with Crippen LogP contribution in [-0.4, -0.2) is 18.1 Å². The smallest absolute Gasteiger partial charge is 0.293 e. The van der Waals surface area contributed by atoms with Crippen molar-refractivity contribution < 1.29 is 39.9 Å². The Morgan fingerprint density at radius 1 is 0.895 bits per heavy atom. The number of halogens is 8. The van der Waals surface area contributed by atoms with Crippen molar-refractivity contribution in [3.63, 3.8) is 0 Å². The molecule has 0 N–H and O–H groups in total. The van der Waals surface area contributed by atoms with Crippen LogP contribution in [0.3, 0.4) is 0 Å². The fourth-order valence-corrected chi connectivity index (χ4v) is 1.30. The maximum atomic E-state index is 12.7. The van der Waals surface area contributed by atoms with E-state index in [1.54, 1.807) is 0 Å². The van der Waals surface area contributed by atoms with Crippen molar-refractivity contribution in [3.8, 4) is 0 Å². The Kier molecular flexibility index (Phi) is 3.87. The molecule has 0 aromatic heterocycles. The van der Waals surface area contributed by atoms with Crippen molar-refractivity contribution in [2.75, 3.05) is 0 Å². The SMILES string of the molecule is O=C(c1ccc(F)c(F)c1)C(C(F)(F)F)C(F)(F)F. The minimum atomic E-state index is -5.87. The Labute approximate surface area is 100 Å². The normalized spacial score (nSPS) is 12.9. The minimum absolute atomic E-state index is 0.0118. The number of carbonyl (C=O) groups is 1. The third-order valence-corrected chi connectivity index (χ3v) is 2.12. The fraction of sp³-hybridized carbons (Fsp3) is 0.300. The van der Waals surface area contributed by atoms with Crippen LogP contribution in [0.15, 0.2) is 18.2 Å². The zero-order valence-electron chi connectivity index (χ0n) is 8.74. The lowest BCUT2D eigenvalue weighted by Crippen LogP contribution is -2.42. The fourth-order valence-electron chi connectivity index (χ4n) is 1.30. The maximum Gasteiger partial charge on any atom is 0.407 e. The summed E-state index contributed by atoms with van der Waals surface area (Å²) in [5.41, 5.74) is -1.21. The van der Waals surface area contributed by atoms with Crippen LogP contribution < -0.4 is 0 Å². The van der Waals surface area contributed by atoms with Crippen LogP contribution in [0.2, 0.25) is 0 Å². The van der Waals surface area contributed by atoms with Crippen LogP contribution >= 0.6 is 0 Å². The molecule has 0 aliphatic carbocycles. The summed E-state index contributed by atoms with van der Waals surface area (Å²) in [4.78, 5) is 11.2. The molecule has 0 aliphatic heterocycles. The van der Waals surface area contributed by atoms with Crippen molar-refractivity contribution in [2.24, 2.45) is 5.92 Å². The van der Waals surface area contributed by atoms with Gasteiger partial charge >= 0.3 is 12.4 Å². The number of hydrogen-bond donors (Lipinski definition) is 0. The van der Waals surface area contributed by atoms with E-state index < -0.39 is 41.3 Å². The number of carbonyl (C=O) groups excluding carboxylic acids is 1. The molecule has 0 radical (unpaired) electrons. The first kappa shape index (κ1) is 15.4. The van der Waals surface area contributed by atoms with E-state index in [1.807, 2.05) is 0 Å². The van der Waals surface area contributed by atoms with Crippen LogP contribution in [0.25, 0.3) is 0 Å². The van der Waals surface area contributed by atoms with E-state index >= 15 is 0 Å². The summed E-state index contributed by atoms with van der Waals surface area (Å²) in [6.45, 7) is 0. The third-order valence-electron chi connectivity index (χ3n) is 2.12. The van der Waals surface area contributed by atoms with Gasteiger partial charge in [-0.2, -0.15) is 26.3 Å². The predicted octanol–water partition coefficient (Wildman–Crippen LogP) is 3.89. The first-order valence-corrected chi connectivity index (χ1v) is 4.57. The average molecular weight is 292 g/mol. The molecule has 1 nitrogen and oxygen atoms in total. The topological polar surface area (TPSA) is 17.1 Å². The van der Waals surface area contributed by atoms with Crippen molar-refractivity contribution in [1.29, 1.82) is 0 Å². The Hall–Kier alpha value is -1.67. The zero-order chi connectivity index (χ0) is 15.0. The number of benzene rings is 1. The molecule has 19 heavy (non-hydrogen) atoms. The standard InChI is InChI=1S/C10H4F8O/c11-5-2-1-4(3-6(5)12)7(19)8(9(13,14)15)10(16,17)18/h1-3,8H. The quantitative estimate of drug-likeness (QED) is 0.597. The van der Waals surface area contributed by atoms with E-state index in [9.17, 15) is 39.9 Å². The van der Waals surface area contributed by atoms with Crippen LogP contribution in [0.1, 0.15) is 10.4 Å². The molecule has 1 rings (SSSR count). The Morgan fingerprint density at radius 2 is 1.37 bits per heavy atom. The van der Waals surface area contributed by atoms with Crippen LogP contribution in [0.4, 0.5) is 35.1 Å². The lowest BCUT2D eigenvalue weighted by atomic mass is 9.96. The zero-order valence-corrected chi connectivity index (χ0v) is 8.74. The highest BCUT2D eigenvalue weighted by Gasteiger charge is 2.60. The van der Waals surface area contributed by atoms with Crippen LogP contribution in [0.5, 0.6) is 0 Å². The molecule has 0 fully saturated rings. The van der Waals surface area contributed by atoms with Gasteiger partial charge in [0.1, 0.15) is 0 Å². The summed E-state index contributed by atoms with van der Waals surface area (Å²) in [7, 11) is 0. The highest BCUT2D eigenvalue weighted by atomic mass is 19.4. The van der Waals surface area contributed by atoms with E-state index in [4.69, 9.17) is 0 Å². The van der Waals surface area contributed by atoms with Crippen molar-refractivity contribution in [2.45, 2.75) is 12.4 Å². The van der Waals surface area contributed by atoms with Gasteiger partial charge in [-0.15, -0.1) is 0 Å². The summed E-state index contributed by atoms with van der Waals surface area (Å²) in [5, 5.41) is 0. The maximum absolute atomic E-state index is 12.7. The van der Waals surface area contributed by atoms with E-state index in [0.29, 0.717) is 6.07 Å². The summed E-state index contributed by atoms with van der Waals surface area (Å²) in [6, 6.07) is 0.611. The van der Waals surface area contributed by atoms with Crippen molar-refractivity contribution in [3.05, 3.63) is 35.4 Å². The van der Waals surface area contributed by atoms with E-state index in [-0.39, 0.29) is 12.1 Å². The molecule has 106 valence electrons. The molecule has 1 aromatic rings. The minimum Gasteiger partial charge on any atom is -0.293 e. The Balaban J connectivity index is 3.24. The summed E-state index contributed by atoms with van der Waals surface area (Å²) < 4.78 is 98.5. The van der Waals surface area contributed by atoms with Gasteiger partial charge in [-0.25, -0.2) is 8.78 Å². The second kappa shape index (κ2) is 4.78. The first-order chi connectivity index (χ1) is 8.44. The second-order valence-corrected chi connectivity index (χ2v) is 3.51. The molecule has 0 saturated heterocycles. The highest BCUT2D eigenvalue weighted by molar-refractivity contribution is 5.98. The van der Waals surface area contributed by atoms with Crippen LogP contribution in [0, 0.1) is 17.6 Å². The molecule has 0 bridgehead atoms. The molecule has 1 aromatic carbocycles.